The van der Waals surface area contributed by atoms with Gasteiger partial charge in [0.05, 0.1) is 5.54 Å². The van der Waals surface area contributed by atoms with Crippen LogP contribution in [0.5, 0.6) is 11.5 Å². The van der Waals surface area contributed by atoms with Crippen molar-refractivity contribution in [1.82, 2.24) is 0 Å². The Kier molecular flexibility index (Phi) is 2.20. The van der Waals surface area contributed by atoms with Gasteiger partial charge in [-0.25, -0.2) is 4.79 Å². The van der Waals surface area contributed by atoms with Gasteiger partial charge in [-0.15, -0.1) is 0 Å². The summed E-state index contributed by atoms with van der Waals surface area (Å²) in [6, 6.07) is 3.98. The van der Waals surface area contributed by atoms with Crippen LogP contribution >= 0.6 is 0 Å². The molecule has 0 unspecified atom stereocenters. The highest BCUT2D eigenvalue weighted by Crippen LogP contribution is 2.48. The molecule has 1 aromatic rings. The van der Waals surface area contributed by atoms with Crippen molar-refractivity contribution in [3.8, 4) is 11.5 Å². The third kappa shape index (κ3) is 1.45. The fourth-order valence-electron chi connectivity index (χ4n) is 2.52. The predicted molar refractivity (Wildman–Crippen MR) is 61.0 cm³/mol. The molecule has 1 aliphatic heterocycles. The molecule has 1 saturated carbocycles. The summed E-state index contributed by atoms with van der Waals surface area (Å²) in [4.78, 5) is 14.6. The van der Waals surface area contributed by atoms with Gasteiger partial charge in [-0.3, -0.25) is 0 Å². The van der Waals surface area contributed by atoms with Crippen LogP contribution in [0.25, 0.3) is 0 Å². The van der Waals surface area contributed by atoms with Crippen LogP contribution in [0.15, 0.2) is 17.1 Å². The first kappa shape index (κ1) is 10.4. The molecule has 88 valence electrons. The molecule has 1 heterocycles. The van der Waals surface area contributed by atoms with Crippen LogP contribution in [0.4, 0.5) is 0 Å². The quantitative estimate of drug-likeness (QED) is 0.580. The normalized spacial score (nSPS) is 19.4. The van der Waals surface area contributed by atoms with Crippen LogP contribution in [0, 0.1) is 6.92 Å². The van der Waals surface area contributed by atoms with Crippen molar-refractivity contribution >= 4 is 6.08 Å². The van der Waals surface area contributed by atoms with Crippen LogP contribution < -0.4 is 9.47 Å². The molecule has 1 aromatic carbocycles. The van der Waals surface area contributed by atoms with Gasteiger partial charge in [0.2, 0.25) is 12.9 Å². The fourth-order valence-corrected chi connectivity index (χ4v) is 2.52. The minimum Gasteiger partial charge on any atom is -0.454 e. The summed E-state index contributed by atoms with van der Waals surface area (Å²) in [7, 11) is 0. The zero-order valence-electron chi connectivity index (χ0n) is 9.66. The summed E-state index contributed by atoms with van der Waals surface area (Å²) in [5, 5.41) is 0. The van der Waals surface area contributed by atoms with Gasteiger partial charge in [0.1, 0.15) is 0 Å². The van der Waals surface area contributed by atoms with Crippen molar-refractivity contribution in [1.29, 1.82) is 0 Å². The zero-order valence-corrected chi connectivity index (χ0v) is 9.66. The molecular weight excluding hydrogens is 218 g/mol. The number of carbonyl (C=O) groups excluding carboxylic acids is 1. The molecule has 4 heteroatoms. The number of fused-ring (bicyclic) bond motifs is 1. The summed E-state index contributed by atoms with van der Waals surface area (Å²) in [5.41, 5.74) is 1.70. The van der Waals surface area contributed by atoms with Crippen molar-refractivity contribution in [2.45, 2.75) is 31.7 Å². The molecule has 2 aliphatic rings. The predicted octanol–water partition coefficient (Wildman–Crippen LogP) is 2.44. The molecule has 0 atom stereocenters. The third-order valence-corrected chi connectivity index (χ3v) is 3.64. The van der Waals surface area contributed by atoms with E-state index in [4.69, 9.17) is 9.47 Å². The summed E-state index contributed by atoms with van der Waals surface area (Å²) >= 11 is 0. The number of rotatable bonds is 2. The number of aliphatic imine (C=N–C) groups is 1. The molecule has 0 radical (unpaired) electrons. The van der Waals surface area contributed by atoms with Crippen molar-refractivity contribution < 1.29 is 14.3 Å². The molecule has 0 saturated heterocycles. The van der Waals surface area contributed by atoms with Gasteiger partial charge in [0.15, 0.2) is 11.5 Å². The second-order valence-corrected chi connectivity index (χ2v) is 4.62. The van der Waals surface area contributed by atoms with E-state index in [-0.39, 0.29) is 12.3 Å². The van der Waals surface area contributed by atoms with E-state index in [0.717, 1.165) is 41.9 Å². The highest BCUT2D eigenvalue weighted by molar-refractivity contribution is 5.53. The molecule has 0 bridgehead atoms. The Labute approximate surface area is 99.3 Å². The van der Waals surface area contributed by atoms with E-state index in [2.05, 4.69) is 4.99 Å². The van der Waals surface area contributed by atoms with Gasteiger partial charge in [0.25, 0.3) is 0 Å². The van der Waals surface area contributed by atoms with Crippen molar-refractivity contribution in [3.63, 3.8) is 0 Å². The largest absolute Gasteiger partial charge is 0.454 e. The summed E-state index contributed by atoms with van der Waals surface area (Å²) in [6.45, 7) is 2.25. The average Bonchev–Trinajstić information content (AvgIpc) is 2.71. The van der Waals surface area contributed by atoms with E-state index < -0.39 is 0 Å². The van der Waals surface area contributed by atoms with Gasteiger partial charge in [0, 0.05) is 0 Å². The lowest BCUT2D eigenvalue weighted by Crippen LogP contribution is -2.31. The van der Waals surface area contributed by atoms with Gasteiger partial charge in [-0.1, -0.05) is 0 Å². The number of hydrogen-bond donors (Lipinski definition) is 0. The van der Waals surface area contributed by atoms with Gasteiger partial charge >= 0.3 is 0 Å². The first-order valence-electron chi connectivity index (χ1n) is 5.75. The van der Waals surface area contributed by atoms with E-state index in [0.29, 0.717) is 0 Å². The lowest BCUT2D eigenvalue weighted by atomic mass is 9.72. The highest BCUT2D eigenvalue weighted by Gasteiger charge is 2.40. The maximum absolute atomic E-state index is 10.6. The van der Waals surface area contributed by atoms with Gasteiger partial charge in [-0.2, -0.15) is 4.99 Å². The monoisotopic (exact) mass is 231 g/mol. The third-order valence-electron chi connectivity index (χ3n) is 3.64. The van der Waals surface area contributed by atoms with Crippen LogP contribution in [0.2, 0.25) is 0 Å². The number of nitrogens with zero attached hydrogens (tertiary/aromatic N) is 1. The average molecular weight is 231 g/mol. The lowest BCUT2D eigenvalue weighted by Gasteiger charge is -2.37. The minimum atomic E-state index is -0.368. The molecule has 17 heavy (non-hydrogen) atoms. The van der Waals surface area contributed by atoms with Gasteiger partial charge in [-0.05, 0) is 49.4 Å². The maximum Gasteiger partial charge on any atom is 0.235 e. The molecule has 3 rings (SSSR count). The molecule has 4 nitrogen and oxygen atoms in total. The minimum absolute atomic E-state index is 0.267. The van der Waals surface area contributed by atoms with E-state index in [1.165, 1.54) is 0 Å². The summed E-state index contributed by atoms with van der Waals surface area (Å²) < 4.78 is 10.8. The Morgan fingerprint density at radius 3 is 2.82 bits per heavy atom. The van der Waals surface area contributed by atoms with Crippen molar-refractivity contribution in [2.24, 2.45) is 4.99 Å². The SMILES string of the molecule is Cc1cc(C2(N=C=O)CCC2)cc2c1OCO2. The molecule has 0 amide bonds. The Morgan fingerprint density at radius 1 is 1.35 bits per heavy atom. The molecular formula is C13H13NO3. The number of aryl methyl sites for hydroxylation is 1. The van der Waals surface area contributed by atoms with Crippen LogP contribution in [0.1, 0.15) is 30.4 Å². The molecule has 0 spiro atoms. The van der Waals surface area contributed by atoms with Crippen LogP contribution in [-0.2, 0) is 10.3 Å². The molecule has 0 aromatic heterocycles. The van der Waals surface area contributed by atoms with Crippen molar-refractivity contribution in [3.05, 3.63) is 23.3 Å². The Morgan fingerprint density at radius 2 is 2.18 bits per heavy atom. The highest BCUT2D eigenvalue weighted by atomic mass is 16.7. The molecule has 0 N–H and O–H groups in total. The maximum atomic E-state index is 10.6. The van der Waals surface area contributed by atoms with E-state index >= 15 is 0 Å². The second kappa shape index (κ2) is 3.60. The Hall–Kier alpha value is -1.80. The number of ether oxygens (including phenoxy) is 2. The van der Waals surface area contributed by atoms with Crippen molar-refractivity contribution in [2.75, 3.05) is 6.79 Å². The van der Waals surface area contributed by atoms with Gasteiger partial charge < -0.3 is 9.47 Å². The molecule has 1 aliphatic carbocycles. The Balaban J connectivity index is 2.09. The Bertz CT molecular complexity index is 514. The fraction of sp³-hybridized carbons (Fsp3) is 0.462. The number of isocyanates is 1. The first-order chi connectivity index (χ1) is 8.25. The number of hydrogen-bond acceptors (Lipinski definition) is 4. The van der Waals surface area contributed by atoms with Crippen LogP contribution in [0.3, 0.4) is 0 Å². The van der Waals surface area contributed by atoms with E-state index in [1.54, 1.807) is 6.08 Å². The molecule has 1 fully saturated rings. The van der Waals surface area contributed by atoms with E-state index in [9.17, 15) is 4.79 Å². The summed E-state index contributed by atoms with van der Waals surface area (Å²) in [6.07, 6.45) is 4.60. The van der Waals surface area contributed by atoms with Crippen LogP contribution in [-0.4, -0.2) is 12.9 Å². The smallest absolute Gasteiger partial charge is 0.235 e. The topological polar surface area (TPSA) is 47.9 Å². The standard InChI is InChI=1S/C13H13NO3/c1-9-5-10(6-11-12(9)17-8-16-11)13(14-7-15)3-2-4-13/h5-6H,2-4,8H2,1H3. The summed E-state index contributed by atoms with van der Waals surface area (Å²) in [5.74, 6) is 1.56. The first-order valence-corrected chi connectivity index (χ1v) is 5.75. The zero-order chi connectivity index (χ0) is 11.9. The number of benzene rings is 1. The lowest BCUT2D eigenvalue weighted by molar-refractivity contribution is 0.173. The van der Waals surface area contributed by atoms with E-state index in [1.807, 2.05) is 19.1 Å². The second-order valence-electron chi connectivity index (χ2n) is 4.62.